The number of ether oxygens (including phenoxy) is 1. The van der Waals surface area contributed by atoms with Crippen LogP contribution in [0.4, 0.5) is 4.39 Å². The van der Waals surface area contributed by atoms with E-state index in [0.29, 0.717) is 17.9 Å². The summed E-state index contributed by atoms with van der Waals surface area (Å²) in [6, 6.07) is 8.64. The van der Waals surface area contributed by atoms with Crippen molar-refractivity contribution in [2.45, 2.75) is 19.6 Å². The van der Waals surface area contributed by atoms with E-state index in [1.165, 1.54) is 17.4 Å². The van der Waals surface area contributed by atoms with E-state index in [2.05, 4.69) is 5.32 Å². The molecule has 0 saturated carbocycles. The topological polar surface area (TPSA) is 21.3 Å². The lowest BCUT2D eigenvalue weighted by Crippen LogP contribution is -2.13. The van der Waals surface area contributed by atoms with Crippen molar-refractivity contribution in [3.8, 4) is 5.75 Å². The van der Waals surface area contributed by atoms with Crippen LogP contribution in [0.5, 0.6) is 5.75 Å². The average molecular weight is 300 g/mol. The molecule has 0 saturated heterocycles. The predicted octanol–water partition coefficient (Wildman–Crippen LogP) is 4.40. The van der Waals surface area contributed by atoms with Gasteiger partial charge in [0.15, 0.2) is 0 Å². The van der Waals surface area contributed by atoms with E-state index in [1.807, 2.05) is 19.1 Å². The molecule has 102 valence electrons. The Morgan fingerprint density at radius 1 is 1.37 bits per heavy atom. The third-order valence-electron chi connectivity index (χ3n) is 2.88. The smallest absolute Gasteiger partial charge is 0.131 e. The highest BCUT2D eigenvalue weighted by molar-refractivity contribution is 7.16. The van der Waals surface area contributed by atoms with Gasteiger partial charge >= 0.3 is 0 Å². The average Bonchev–Trinajstić information content (AvgIpc) is 2.81. The molecule has 2 aromatic rings. The fourth-order valence-corrected chi connectivity index (χ4v) is 2.69. The Kier molecular flexibility index (Phi) is 4.80. The molecule has 5 heteroatoms. The molecule has 0 aliphatic rings. The Hall–Kier alpha value is -1.10. The summed E-state index contributed by atoms with van der Waals surface area (Å²) in [5.74, 6) is 0.262. The van der Waals surface area contributed by atoms with Crippen LogP contribution in [0.3, 0.4) is 0 Å². The quantitative estimate of drug-likeness (QED) is 0.883. The SMILES string of the molecule is CNC(C)c1ccc(OCc2ccc(Cl)s2)cc1F. The second-order valence-corrected chi connectivity index (χ2v) is 5.99. The molecule has 1 aromatic carbocycles. The molecule has 2 nitrogen and oxygen atoms in total. The van der Waals surface area contributed by atoms with E-state index < -0.39 is 0 Å². The fourth-order valence-electron chi connectivity index (χ4n) is 1.69. The second kappa shape index (κ2) is 6.37. The summed E-state index contributed by atoms with van der Waals surface area (Å²) in [7, 11) is 1.80. The molecule has 0 fully saturated rings. The lowest BCUT2D eigenvalue weighted by atomic mass is 10.1. The molecule has 1 heterocycles. The monoisotopic (exact) mass is 299 g/mol. The molecule has 0 amide bonds. The second-order valence-electron chi connectivity index (χ2n) is 4.19. The maximum atomic E-state index is 13.9. The summed E-state index contributed by atoms with van der Waals surface area (Å²) in [5, 5.41) is 3.01. The maximum Gasteiger partial charge on any atom is 0.131 e. The molecule has 1 N–H and O–H groups in total. The van der Waals surface area contributed by atoms with Crippen LogP contribution in [0.1, 0.15) is 23.4 Å². The summed E-state index contributed by atoms with van der Waals surface area (Å²) < 4.78 is 20.1. The molecular weight excluding hydrogens is 285 g/mol. The molecule has 1 atom stereocenters. The maximum absolute atomic E-state index is 13.9. The Labute approximate surface area is 121 Å². The van der Waals surface area contributed by atoms with Crippen molar-refractivity contribution >= 4 is 22.9 Å². The normalized spacial score (nSPS) is 12.4. The van der Waals surface area contributed by atoms with Crippen LogP contribution in [0.2, 0.25) is 4.34 Å². The van der Waals surface area contributed by atoms with E-state index in [-0.39, 0.29) is 11.9 Å². The summed E-state index contributed by atoms with van der Waals surface area (Å²) in [6.45, 7) is 2.31. The van der Waals surface area contributed by atoms with Crippen LogP contribution in [-0.4, -0.2) is 7.05 Å². The highest BCUT2D eigenvalue weighted by Gasteiger charge is 2.10. The molecule has 0 spiro atoms. The van der Waals surface area contributed by atoms with E-state index >= 15 is 0 Å². The van der Waals surface area contributed by atoms with E-state index in [1.54, 1.807) is 19.2 Å². The fraction of sp³-hybridized carbons (Fsp3) is 0.286. The van der Waals surface area contributed by atoms with Gasteiger partial charge < -0.3 is 10.1 Å². The van der Waals surface area contributed by atoms with Gasteiger partial charge in [-0.25, -0.2) is 4.39 Å². The zero-order chi connectivity index (χ0) is 13.8. The van der Waals surface area contributed by atoms with Gasteiger partial charge in [-0.15, -0.1) is 11.3 Å². The summed E-state index contributed by atoms with van der Waals surface area (Å²) in [4.78, 5) is 1.01. The van der Waals surface area contributed by atoms with Crippen molar-refractivity contribution in [2.24, 2.45) is 0 Å². The molecule has 0 aliphatic carbocycles. The van der Waals surface area contributed by atoms with Gasteiger partial charge in [-0.3, -0.25) is 0 Å². The first kappa shape index (κ1) is 14.3. The van der Waals surface area contributed by atoms with E-state index in [0.717, 1.165) is 9.21 Å². The minimum absolute atomic E-state index is 0.0230. The standard InChI is InChI=1S/C14H15ClFNOS/c1-9(17-2)12-5-3-10(7-13(12)16)18-8-11-4-6-14(15)19-11/h3-7,9,17H,8H2,1-2H3. The largest absolute Gasteiger partial charge is 0.488 e. The predicted molar refractivity (Wildman–Crippen MR) is 77.5 cm³/mol. The first-order chi connectivity index (χ1) is 9.10. The number of benzene rings is 1. The Bertz CT molecular complexity index is 558. The first-order valence-electron chi connectivity index (χ1n) is 5.94. The van der Waals surface area contributed by atoms with Crippen molar-refractivity contribution in [2.75, 3.05) is 7.05 Å². The molecule has 0 aliphatic heterocycles. The summed E-state index contributed by atoms with van der Waals surface area (Å²) in [5.41, 5.74) is 0.633. The first-order valence-corrected chi connectivity index (χ1v) is 7.13. The number of rotatable bonds is 5. The summed E-state index contributed by atoms with van der Waals surface area (Å²) in [6.07, 6.45) is 0. The minimum Gasteiger partial charge on any atom is -0.488 e. The van der Waals surface area contributed by atoms with Crippen LogP contribution in [0.15, 0.2) is 30.3 Å². The third-order valence-corrected chi connectivity index (χ3v) is 4.09. The minimum atomic E-state index is -0.261. The van der Waals surface area contributed by atoms with Crippen molar-refractivity contribution in [3.63, 3.8) is 0 Å². The molecule has 0 bridgehead atoms. The summed E-state index contributed by atoms with van der Waals surface area (Å²) >= 11 is 7.29. The number of hydrogen-bond acceptors (Lipinski definition) is 3. The highest BCUT2D eigenvalue weighted by atomic mass is 35.5. The van der Waals surface area contributed by atoms with Gasteiger partial charge in [-0.2, -0.15) is 0 Å². The zero-order valence-electron chi connectivity index (χ0n) is 10.7. The van der Waals surface area contributed by atoms with Gasteiger partial charge in [0.1, 0.15) is 18.2 Å². The Morgan fingerprint density at radius 2 is 2.16 bits per heavy atom. The number of hydrogen-bond donors (Lipinski definition) is 1. The van der Waals surface area contributed by atoms with Crippen molar-refractivity contribution in [3.05, 3.63) is 50.9 Å². The Morgan fingerprint density at radius 3 is 2.74 bits per heavy atom. The third kappa shape index (κ3) is 3.69. The van der Waals surface area contributed by atoms with Crippen molar-refractivity contribution < 1.29 is 9.13 Å². The van der Waals surface area contributed by atoms with E-state index in [9.17, 15) is 4.39 Å². The van der Waals surface area contributed by atoms with E-state index in [4.69, 9.17) is 16.3 Å². The van der Waals surface area contributed by atoms with Gasteiger partial charge in [0, 0.05) is 22.5 Å². The van der Waals surface area contributed by atoms with Gasteiger partial charge in [0.05, 0.1) is 4.34 Å². The number of thiophene rings is 1. The highest BCUT2D eigenvalue weighted by Crippen LogP contribution is 2.25. The van der Waals surface area contributed by atoms with Gasteiger partial charge in [0.2, 0.25) is 0 Å². The molecule has 2 rings (SSSR count). The molecule has 0 radical (unpaired) electrons. The van der Waals surface area contributed by atoms with Gasteiger partial charge in [-0.1, -0.05) is 17.7 Å². The molecule has 1 aromatic heterocycles. The van der Waals surface area contributed by atoms with Crippen molar-refractivity contribution in [1.82, 2.24) is 5.32 Å². The van der Waals surface area contributed by atoms with Gasteiger partial charge in [0.25, 0.3) is 0 Å². The Balaban J connectivity index is 2.04. The molecule has 1 unspecified atom stereocenters. The number of nitrogens with one attached hydrogen (secondary N) is 1. The molecule has 19 heavy (non-hydrogen) atoms. The van der Waals surface area contributed by atoms with Crippen LogP contribution < -0.4 is 10.1 Å². The number of halogens is 2. The molecular formula is C14H15ClFNOS. The van der Waals surface area contributed by atoms with Crippen molar-refractivity contribution in [1.29, 1.82) is 0 Å². The van der Waals surface area contributed by atoms with Crippen LogP contribution >= 0.6 is 22.9 Å². The zero-order valence-corrected chi connectivity index (χ0v) is 12.3. The van der Waals surface area contributed by atoms with Crippen LogP contribution in [0.25, 0.3) is 0 Å². The lowest BCUT2D eigenvalue weighted by molar-refractivity contribution is 0.307. The lowest BCUT2D eigenvalue weighted by Gasteiger charge is -2.13. The van der Waals surface area contributed by atoms with Crippen LogP contribution in [-0.2, 0) is 6.61 Å². The van der Waals surface area contributed by atoms with Crippen LogP contribution in [0, 0.1) is 5.82 Å². The van der Waals surface area contributed by atoms with Gasteiger partial charge in [-0.05, 0) is 32.2 Å².